The summed E-state index contributed by atoms with van der Waals surface area (Å²) in [6.45, 7) is 8.10. The highest BCUT2D eigenvalue weighted by Gasteiger charge is 2.23. The van der Waals surface area contributed by atoms with Crippen LogP contribution in [-0.2, 0) is 14.9 Å². The van der Waals surface area contributed by atoms with Crippen LogP contribution in [0.1, 0.15) is 32.2 Å². The summed E-state index contributed by atoms with van der Waals surface area (Å²) in [5.41, 5.74) is 0.686. The molecule has 0 bridgehead atoms. The van der Waals surface area contributed by atoms with Gasteiger partial charge < -0.3 is 14.4 Å². The van der Waals surface area contributed by atoms with Gasteiger partial charge >= 0.3 is 0 Å². The monoisotopic (exact) mass is 682 g/mol. The summed E-state index contributed by atoms with van der Waals surface area (Å²) < 4.78 is 14.5. The van der Waals surface area contributed by atoms with E-state index in [1.165, 1.54) is 4.68 Å². The Hall–Kier alpha value is -2.08. The molecule has 8 nitrogen and oxygen atoms in total. The van der Waals surface area contributed by atoms with Crippen molar-refractivity contribution in [1.82, 2.24) is 14.6 Å². The maximum atomic E-state index is 13.3. The Morgan fingerprint density at radius 3 is 2.44 bits per heavy atom. The Balaban J connectivity index is 1.62. The van der Waals surface area contributed by atoms with E-state index in [9.17, 15) is 9.59 Å². The van der Waals surface area contributed by atoms with Crippen molar-refractivity contribution in [2.75, 3.05) is 32.9 Å². The summed E-state index contributed by atoms with van der Waals surface area (Å²) in [5.74, 6) is 0.976. The minimum Gasteiger partial charge on any atom is -0.481 e. The zero-order valence-electron chi connectivity index (χ0n) is 20.1. The van der Waals surface area contributed by atoms with Gasteiger partial charge in [0.2, 0.25) is 0 Å². The minimum atomic E-state index is -0.413. The van der Waals surface area contributed by atoms with Gasteiger partial charge in [0.25, 0.3) is 11.5 Å². The summed E-state index contributed by atoms with van der Waals surface area (Å²) in [6.07, 6.45) is 1.60. The molecule has 2 aromatic carbocycles. The topological polar surface area (TPSA) is 86.0 Å². The molecule has 1 amide bonds. The highest BCUT2D eigenvalue weighted by atomic mass is 79.9. The molecule has 0 atom stereocenters. The van der Waals surface area contributed by atoms with Gasteiger partial charge in [-0.2, -0.15) is 9.78 Å². The van der Waals surface area contributed by atoms with Crippen LogP contribution in [-0.4, -0.2) is 59.6 Å². The first-order valence-corrected chi connectivity index (χ1v) is 13.7. The number of nitrogens with zero attached hydrogens (tertiary/aromatic N) is 4. The first kappa shape index (κ1) is 27.0. The van der Waals surface area contributed by atoms with Crippen molar-refractivity contribution >= 4 is 70.8 Å². The molecule has 0 aliphatic carbocycles. The zero-order valence-corrected chi connectivity index (χ0v) is 24.8. The number of rotatable bonds is 5. The van der Waals surface area contributed by atoms with Crippen LogP contribution in [0, 0.1) is 0 Å². The van der Waals surface area contributed by atoms with Crippen LogP contribution in [0.2, 0.25) is 0 Å². The normalized spacial score (nSPS) is 14.6. The van der Waals surface area contributed by atoms with Crippen molar-refractivity contribution in [2.24, 2.45) is 5.10 Å². The largest absolute Gasteiger partial charge is 0.481 e. The molecule has 2 heterocycles. The van der Waals surface area contributed by atoms with E-state index in [1.54, 1.807) is 17.2 Å². The third-order valence-electron chi connectivity index (χ3n) is 5.53. The molecule has 4 rings (SSSR count). The molecule has 0 unspecified atom stereocenters. The average molecular weight is 685 g/mol. The lowest BCUT2D eigenvalue weighted by Crippen LogP contribution is -2.43. The van der Waals surface area contributed by atoms with E-state index in [2.05, 4.69) is 52.9 Å². The molecule has 11 heteroatoms. The van der Waals surface area contributed by atoms with Gasteiger partial charge in [0.05, 0.1) is 39.3 Å². The Morgan fingerprint density at radius 1 is 1.14 bits per heavy atom. The maximum absolute atomic E-state index is 13.3. The van der Waals surface area contributed by atoms with Crippen molar-refractivity contribution in [2.45, 2.75) is 26.2 Å². The molecule has 1 aliphatic heterocycles. The number of halogens is 3. The quantitative estimate of drug-likeness (QED) is 0.349. The second-order valence-corrected chi connectivity index (χ2v) is 11.9. The molecule has 190 valence electrons. The van der Waals surface area contributed by atoms with Crippen LogP contribution >= 0.6 is 47.8 Å². The fraction of sp³-hybridized carbons (Fsp3) is 0.360. The number of hydrogen-bond donors (Lipinski definition) is 0. The fourth-order valence-corrected chi connectivity index (χ4v) is 5.51. The number of ether oxygens (including phenoxy) is 2. The molecular formula is C25H25Br3N4O4. The molecule has 0 saturated carbocycles. The van der Waals surface area contributed by atoms with Gasteiger partial charge in [0, 0.05) is 23.0 Å². The van der Waals surface area contributed by atoms with E-state index in [0.29, 0.717) is 57.7 Å². The minimum absolute atomic E-state index is 0.0761. The number of carbonyl (C=O) groups excluding carboxylic acids is 1. The second kappa shape index (κ2) is 11.1. The first-order valence-electron chi connectivity index (χ1n) is 11.3. The molecule has 0 spiro atoms. The van der Waals surface area contributed by atoms with Gasteiger partial charge in [-0.3, -0.25) is 9.59 Å². The van der Waals surface area contributed by atoms with E-state index >= 15 is 0 Å². The third-order valence-corrected chi connectivity index (χ3v) is 7.20. The first-order chi connectivity index (χ1) is 17.0. The lowest BCUT2D eigenvalue weighted by Gasteiger charge is -2.26. The fourth-order valence-electron chi connectivity index (χ4n) is 3.70. The number of aromatic nitrogens is 2. The smallest absolute Gasteiger partial charge is 0.282 e. The highest BCUT2D eigenvalue weighted by molar-refractivity contribution is 9.11. The predicted molar refractivity (Wildman–Crippen MR) is 150 cm³/mol. The van der Waals surface area contributed by atoms with Crippen LogP contribution in [0.15, 0.2) is 53.6 Å². The number of morpholine rings is 1. The van der Waals surface area contributed by atoms with E-state index in [1.807, 2.05) is 45.0 Å². The lowest BCUT2D eigenvalue weighted by molar-refractivity contribution is -0.137. The summed E-state index contributed by atoms with van der Waals surface area (Å²) in [5, 5.41) is 4.99. The van der Waals surface area contributed by atoms with Crippen molar-refractivity contribution in [3.63, 3.8) is 0 Å². The number of fused-ring (bicyclic) bond motifs is 1. The van der Waals surface area contributed by atoms with Crippen LogP contribution < -0.4 is 10.3 Å². The van der Waals surface area contributed by atoms with Crippen LogP contribution in [0.4, 0.5) is 0 Å². The van der Waals surface area contributed by atoms with Gasteiger partial charge in [-0.25, -0.2) is 4.98 Å². The molecule has 1 aromatic heterocycles. The standard InChI is InChI=1S/C25H25Br3N4O4/c1-25(2,3)24-30-20-5-4-16(26)12-17(20)23(34)32(24)29-13-15-10-18(27)22(19(28)11-15)36-14-21(33)31-6-8-35-9-7-31/h4-5,10-13H,6-9,14H2,1-3H3. The van der Waals surface area contributed by atoms with Gasteiger partial charge in [-0.15, -0.1) is 0 Å². The van der Waals surface area contributed by atoms with E-state index in [-0.39, 0.29) is 18.1 Å². The summed E-state index contributed by atoms with van der Waals surface area (Å²) >= 11 is 10.5. The summed E-state index contributed by atoms with van der Waals surface area (Å²) in [6, 6.07) is 9.06. The van der Waals surface area contributed by atoms with Crippen LogP contribution in [0.25, 0.3) is 10.9 Å². The van der Waals surface area contributed by atoms with Crippen molar-refractivity contribution < 1.29 is 14.3 Å². The number of benzene rings is 2. The van der Waals surface area contributed by atoms with Crippen molar-refractivity contribution in [3.05, 3.63) is 65.5 Å². The summed E-state index contributed by atoms with van der Waals surface area (Å²) in [4.78, 5) is 32.2. The third kappa shape index (κ3) is 6.07. The molecule has 0 N–H and O–H groups in total. The average Bonchev–Trinajstić information content (AvgIpc) is 2.83. The van der Waals surface area contributed by atoms with Gasteiger partial charge in [-0.1, -0.05) is 36.7 Å². The molecule has 3 aromatic rings. The summed E-state index contributed by atoms with van der Waals surface area (Å²) in [7, 11) is 0. The molecular weight excluding hydrogens is 660 g/mol. The number of hydrogen-bond acceptors (Lipinski definition) is 6. The molecule has 36 heavy (non-hydrogen) atoms. The Kier molecular flexibility index (Phi) is 8.33. The lowest BCUT2D eigenvalue weighted by atomic mass is 9.95. The Labute approximate surface area is 234 Å². The predicted octanol–water partition coefficient (Wildman–Crippen LogP) is 5.10. The Bertz CT molecular complexity index is 1370. The number of carbonyl (C=O) groups is 1. The molecule has 1 saturated heterocycles. The van der Waals surface area contributed by atoms with E-state index in [0.717, 1.165) is 10.0 Å². The van der Waals surface area contributed by atoms with Crippen molar-refractivity contribution in [1.29, 1.82) is 0 Å². The van der Waals surface area contributed by atoms with Gasteiger partial charge in [-0.05, 0) is 67.8 Å². The molecule has 1 fully saturated rings. The SMILES string of the molecule is CC(C)(C)c1nc2ccc(Br)cc2c(=O)n1N=Cc1cc(Br)c(OCC(=O)N2CCOCC2)c(Br)c1. The van der Waals surface area contributed by atoms with E-state index in [4.69, 9.17) is 14.5 Å². The zero-order chi connectivity index (χ0) is 26.0. The van der Waals surface area contributed by atoms with E-state index < -0.39 is 5.41 Å². The molecule has 1 aliphatic rings. The maximum Gasteiger partial charge on any atom is 0.282 e. The second-order valence-electron chi connectivity index (χ2n) is 9.30. The number of amides is 1. The highest BCUT2D eigenvalue weighted by Crippen LogP contribution is 2.34. The van der Waals surface area contributed by atoms with Gasteiger partial charge in [0.1, 0.15) is 11.6 Å². The molecule has 0 radical (unpaired) electrons. The Morgan fingerprint density at radius 2 is 1.81 bits per heavy atom. The van der Waals surface area contributed by atoms with Crippen LogP contribution in [0.3, 0.4) is 0 Å². The van der Waals surface area contributed by atoms with Gasteiger partial charge in [0.15, 0.2) is 6.61 Å². The van der Waals surface area contributed by atoms with Crippen LogP contribution in [0.5, 0.6) is 5.75 Å². The van der Waals surface area contributed by atoms with Crippen molar-refractivity contribution in [3.8, 4) is 5.75 Å².